The van der Waals surface area contributed by atoms with Gasteiger partial charge in [0.15, 0.2) is 5.65 Å². The fraction of sp³-hybridized carbons (Fsp3) is 0.368. The second-order valence-corrected chi connectivity index (χ2v) is 9.19. The molecule has 0 N–H and O–H groups in total. The highest BCUT2D eigenvalue weighted by atomic mass is 35.5. The van der Waals surface area contributed by atoms with E-state index in [-0.39, 0.29) is 11.7 Å². The summed E-state index contributed by atoms with van der Waals surface area (Å²) in [5, 5.41) is 0.601. The maximum absolute atomic E-state index is 12.8. The van der Waals surface area contributed by atoms with Crippen molar-refractivity contribution in [3.05, 3.63) is 59.0 Å². The Bertz CT molecular complexity index is 1060. The molecule has 0 amide bonds. The molecule has 0 unspecified atom stereocenters. The Balaban J connectivity index is 1.55. The molecule has 1 aliphatic heterocycles. The van der Waals surface area contributed by atoms with Crippen molar-refractivity contribution < 1.29 is 8.42 Å². The molecule has 0 bridgehead atoms. The Kier molecular flexibility index (Phi) is 4.92. The summed E-state index contributed by atoms with van der Waals surface area (Å²) in [4.78, 5) is 9.17. The predicted octanol–water partition coefficient (Wildman–Crippen LogP) is 3.42. The highest BCUT2D eigenvalue weighted by Crippen LogP contribution is 2.31. The van der Waals surface area contributed by atoms with Gasteiger partial charge in [0.05, 0.1) is 5.75 Å². The van der Waals surface area contributed by atoms with Gasteiger partial charge in [-0.2, -0.15) is 0 Å². The topological polar surface area (TPSA) is 68.1 Å². The van der Waals surface area contributed by atoms with Crippen LogP contribution in [0.5, 0.6) is 0 Å². The molecule has 0 saturated carbocycles. The van der Waals surface area contributed by atoms with Gasteiger partial charge in [0.1, 0.15) is 11.3 Å². The molecule has 0 aliphatic carbocycles. The highest BCUT2D eigenvalue weighted by Gasteiger charge is 2.34. The molecule has 1 aliphatic rings. The zero-order valence-electron chi connectivity index (χ0n) is 15.0. The summed E-state index contributed by atoms with van der Waals surface area (Å²) in [5.74, 6) is 0.998. The van der Waals surface area contributed by atoms with Crippen molar-refractivity contribution >= 4 is 32.8 Å². The average Bonchev–Trinajstić information content (AvgIpc) is 3.28. The molecule has 0 radical (unpaired) electrons. The smallest absolute Gasteiger partial charge is 0.218 e. The maximum Gasteiger partial charge on any atom is 0.218 e. The predicted molar refractivity (Wildman–Crippen MR) is 106 cm³/mol. The van der Waals surface area contributed by atoms with Gasteiger partial charge in [0.25, 0.3) is 0 Å². The summed E-state index contributed by atoms with van der Waals surface area (Å²) >= 11 is 5.88. The van der Waals surface area contributed by atoms with Crippen LogP contribution in [0.25, 0.3) is 11.2 Å². The molecule has 2 aromatic heterocycles. The van der Waals surface area contributed by atoms with Gasteiger partial charge in [-0.3, -0.25) is 0 Å². The second kappa shape index (κ2) is 7.22. The first kappa shape index (κ1) is 18.4. The zero-order chi connectivity index (χ0) is 19.0. The quantitative estimate of drug-likeness (QED) is 0.653. The van der Waals surface area contributed by atoms with Crippen LogP contribution in [0.1, 0.15) is 30.7 Å². The van der Waals surface area contributed by atoms with Crippen LogP contribution in [0.4, 0.5) is 0 Å². The summed E-state index contributed by atoms with van der Waals surface area (Å²) in [6.07, 6.45) is 2.53. The average molecular weight is 405 g/mol. The standard InChI is InChI=1S/C19H21ClN4O2S/c1-2-24-18(22-17-4-3-10-21-19(17)24)15-9-11-23(12-15)27(25,26)13-14-5-7-16(20)8-6-14/h3-8,10,15H,2,9,11-13H2,1H3/t15-/m0/s1. The van der Waals surface area contributed by atoms with Crippen LogP contribution in [0.2, 0.25) is 5.02 Å². The minimum Gasteiger partial charge on any atom is -0.313 e. The van der Waals surface area contributed by atoms with E-state index < -0.39 is 10.0 Å². The van der Waals surface area contributed by atoms with E-state index in [9.17, 15) is 8.42 Å². The molecule has 8 heteroatoms. The van der Waals surface area contributed by atoms with Gasteiger partial charge in [-0.1, -0.05) is 23.7 Å². The maximum atomic E-state index is 12.8. The molecule has 1 aromatic carbocycles. The van der Waals surface area contributed by atoms with Gasteiger partial charge in [-0.05, 0) is 43.2 Å². The van der Waals surface area contributed by atoms with E-state index in [0.717, 1.165) is 35.5 Å². The van der Waals surface area contributed by atoms with E-state index in [1.807, 2.05) is 12.1 Å². The van der Waals surface area contributed by atoms with Crippen molar-refractivity contribution in [1.82, 2.24) is 18.8 Å². The molecule has 142 valence electrons. The lowest BCUT2D eigenvalue weighted by Crippen LogP contribution is -2.30. The van der Waals surface area contributed by atoms with E-state index in [1.165, 1.54) is 0 Å². The van der Waals surface area contributed by atoms with Gasteiger partial charge in [-0.25, -0.2) is 22.7 Å². The third-order valence-corrected chi connectivity index (χ3v) is 7.09. The lowest BCUT2D eigenvalue weighted by Gasteiger charge is -2.17. The highest BCUT2D eigenvalue weighted by molar-refractivity contribution is 7.88. The minimum atomic E-state index is -3.38. The molecule has 3 heterocycles. The molecule has 1 atom stereocenters. The Morgan fingerprint density at radius 3 is 2.74 bits per heavy atom. The Morgan fingerprint density at radius 1 is 1.22 bits per heavy atom. The lowest BCUT2D eigenvalue weighted by atomic mass is 10.1. The Hall–Kier alpha value is -1.96. The number of hydrogen-bond acceptors (Lipinski definition) is 4. The molecular formula is C19H21ClN4O2S. The van der Waals surface area contributed by atoms with Gasteiger partial charge < -0.3 is 4.57 Å². The summed E-state index contributed by atoms with van der Waals surface area (Å²) < 4.78 is 29.4. The van der Waals surface area contributed by atoms with Crippen molar-refractivity contribution in [2.75, 3.05) is 13.1 Å². The molecule has 4 rings (SSSR count). The summed E-state index contributed by atoms with van der Waals surface area (Å²) in [6.45, 7) is 3.79. The monoisotopic (exact) mass is 404 g/mol. The van der Waals surface area contributed by atoms with E-state index in [4.69, 9.17) is 16.6 Å². The first-order chi connectivity index (χ1) is 13.0. The van der Waals surface area contributed by atoms with Crippen molar-refractivity contribution in [3.8, 4) is 0 Å². The van der Waals surface area contributed by atoms with E-state index in [2.05, 4.69) is 16.5 Å². The normalized spacial score (nSPS) is 18.4. The van der Waals surface area contributed by atoms with Gasteiger partial charge in [0.2, 0.25) is 10.0 Å². The molecule has 1 saturated heterocycles. The number of hydrogen-bond donors (Lipinski definition) is 0. The number of aromatic nitrogens is 3. The van der Waals surface area contributed by atoms with Crippen molar-refractivity contribution in [3.63, 3.8) is 0 Å². The molecule has 3 aromatic rings. The molecule has 0 spiro atoms. The van der Waals surface area contributed by atoms with E-state index in [0.29, 0.717) is 18.1 Å². The number of sulfonamides is 1. The molecule has 6 nitrogen and oxygen atoms in total. The van der Waals surface area contributed by atoms with Gasteiger partial charge in [-0.15, -0.1) is 0 Å². The summed E-state index contributed by atoms with van der Waals surface area (Å²) in [5.41, 5.74) is 2.46. The van der Waals surface area contributed by atoms with Crippen LogP contribution < -0.4 is 0 Å². The molecule has 1 fully saturated rings. The van der Waals surface area contributed by atoms with E-state index >= 15 is 0 Å². The van der Waals surface area contributed by atoms with Crippen LogP contribution >= 0.6 is 11.6 Å². The van der Waals surface area contributed by atoms with Crippen LogP contribution in [0.15, 0.2) is 42.6 Å². The van der Waals surface area contributed by atoms with Crippen LogP contribution in [0, 0.1) is 0 Å². The Morgan fingerprint density at radius 2 is 2.00 bits per heavy atom. The molecule has 27 heavy (non-hydrogen) atoms. The number of rotatable bonds is 5. The number of pyridine rings is 1. The fourth-order valence-electron chi connectivity index (χ4n) is 3.67. The lowest BCUT2D eigenvalue weighted by molar-refractivity contribution is 0.468. The number of benzene rings is 1. The Labute approximate surface area is 163 Å². The number of imidazole rings is 1. The minimum absolute atomic E-state index is 0.0113. The van der Waals surface area contributed by atoms with Crippen LogP contribution in [-0.4, -0.2) is 40.3 Å². The molecular weight excluding hydrogens is 384 g/mol. The van der Waals surface area contributed by atoms with Crippen molar-refractivity contribution in [2.24, 2.45) is 0 Å². The second-order valence-electron chi connectivity index (χ2n) is 6.79. The van der Waals surface area contributed by atoms with Gasteiger partial charge >= 0.3 is 0 Å². The van der Waals surface area contributed by atoms with Crippen LogP contribution in [0.3, 0.4) is 0 Å². The first-order valence-corrected chi connectivity index (χ1v) is 11.0. The number of nitrogens with zero attached hydrogens (tertiary/aromatic N) is 4. The van der Waals surface area contributed by atoms with Crippen molar-refractivity contribution in [2.45, 2.75) is 31.6 Å². The number of fused-ring (bicyclic) bond motifs is 1. The SMILES string of the molecule is CCn1c([C@H]2CCN(S(=O)(=O)Cc3ccc(Cl)cc3)C2)nc2cccnc21. The largest absolute Gasteiger partial charge is 0.313 e. The fourth-order valence-corrected chi connectivity index (χ4v) is 5.39. The third kappa shape index (κ3) is 3.59. The number of aryl methyl sites for hydroxylation is 1. The zero-order valence-corrected chi connectivity index (χ0v) is 16.6. The first-order valence-electron chi connectivity index (χ1n) is 9.01. The third-order valence-electron chi connectivity index (χ3n) is 5.02. The summed E-state index contributed by atoms with van der Waals surface area (Å²) in [7, 11) is -3.38. The number of halogens is 1. The van der Waals surface area contributed by atoms with Gasteiger partial charge in [0, 0.05) is 36.8 Å². The summed E-state index contributed by atoms with van der Waals surface area (Å²) in [6, 6.07) is 10.8. The van der Waals surface area contributed by atoms with Crippen molar-refractivity contribution in [1.29, 1.82) is 0 Å². The van der Waals surface area contributed by atoms with E-state index in [1.54, 1.807) is 34.8 Å². The van der Waals surface area contributed by atoms with Crippen LogP contribution in [-0.2, 0) is 22.3 Å².